The molecule has 3 fully saturated rings. The van der Waals surface area contributed by atoms with Gasteiger partial charge in [-0.05, 0) is 45.4 Å². The Labute approximate surface area is 144 Å². The van der Waals surface area contributed by atoms with Crippen LogP contribution in [0.4, 0.5) is 0 Å². The van der Waals surface area contributed by atoms with Crippen molar-refractivity contribution in [3.05, 3.63) is 17.7 Å². The zero-order chi connectivity index (χ0) is 16.5. The highest BCUT2D eigenvalue weighted by molar-refractivity contribution is 5.79. The molecule has 24 heavy (non-hydrogen) atoms. The van der Waals surface area contributed by atoms with Gasteiger partial charge in [0.15, 0.2) is 0 Å². The van der Waals surface area contributed by atoms with Gasteiger partial charge in [0.1, 0.15) is 5.82 Å². The van der Waals surface area contributed by atoms with Crippen LogP contribution in [0.5, 0.6) is 0 Å². The maximum atomic E-state index is 12.9. The monoisotopic (exact) mass is 331 g/mol. The lowest BCUT2D eigenvalue weighted by Crippen LogP contribution is -2.45. The summed E-state index contributed by atoms with van der Waals surface area (Å²) in [6, 6.07) is 0.403. The van der Waals surface area contributed by atoms with Crippen molar-refractivity contribution in [1.82, 2.24) is 14.5 Å². The van der Waals surface area contributed by atoms with Gasteiger partial charge in [-0.2, -0.15) is 0 Å². The summed E-state index contributed by atoms with van der Waals surface area (Å²) in [6.07, 6.45) is 9.93. The average Bonchev–Trinajstić information content (AvgIpc) is 2.95. The van der Waals surface area contributed by atoms with Crippen molar-refractivity contribution in [2.24, 2.45) is 5.92 Å². The van der Waals surface area contributed by atoms with E-state index in [0.717, 1.165) is 52.0 Å². The summed E-state index contributed by atoms with van der Waals surface area (Å²) in [5.41, 5.74) is 1.25. The molecule has 1 atom stereocenters. The van der Waals surface area contributed by atoms with Crippen molar-refractivity contribution >= 4 is 5.91 Å². The quantitative estimate of drug-likeness (QED) is 0.855. The molecule has 1 aromatic rings. The third-order valence-corrected chi connectivity index (χ3v) is 6.12. The summed E-state index contributed by atoms with van der Waals surface area (Å²) in [7, 11) is 0. The van der Waals surface area contributed by atoms with E-state index in [2.05, 4.69) is 16.4 Å². The molecule has 1 aliphatic carbocycles. The van der Waals surface area contributed by atoms with E-state index in [1.165, 1.54) is 30.8 Å². The molecular formula is C19H29N3O2. The van der Waals surface area contributed by atoms with Crippen LogP contribution in [-0.2, 0) is 9.53 Å². The summed E-state index contributed by atoms with van der Waals surface area (Å²) >= 11 is 0. The highest BCUT2D eigenvalue weighted by Gasteiger charge is 2.33. The van der Waals surface area contributed by atoms with Crippen LogP contribution in [0.3, 0.4) is 0 Å². The molecule has 0 bridgehead atoms. The number of carbonyl (C=O) groups is 1. The van der Waals surface area contributed by atoms with Gasteiger partial charge in [-0.3, -0.25) is 4.79 Å². The molecule has 132 valence electrons. The Bertz CT molecular complexity index is 587. The van der Waals surface area contributed by atoms with Gasteiger partial charge in [0.25, 0.3) is 0 Å². The first-order chi connectivity index (χ1) is 11.7. The molecule has 1 saturated carbocycles. The minimum Gasteiger partial charge on any atom is -0.381 e. The normalized spacial score (nSPS) is 26.4. The van der Waals surface area contributed by atoms with E-state index in [4.69, 9.17) is 9.72 Å². The number of ether oxygens (including phenoxy) is 1. The van der Waals surface area contributed by atoms with E-state index in [9.17, 15) is 4.79 Å². The number of piperidine rings is 1. The lowest BCUT2D eigenvalue weighted by molar-refractivity contribution is -0.140. The van der Waals surface area contributed by atoms with Crippen LogP contribution in [0.1, 0.15) is 68.4 Å². The van der Waals surface area contributed by atoms with E-state index in [0.29, 0.717) is 17.9 Å². The molecule has 1 aromatic heterocycles. The van der Waals surface area contributed by atoms with Gasteiger partial charge in [-0.15, -0.1) is 0 Å². The first-order valence-corrected chi connectivity index (χ1v) is 9.64. The van der Waals surface area contributed by atoms with Crippen molar-refractivity contribution < 1.29 is 9.53 Å². The molecule has 5 nitrogen and oxygen atoms in total. The molecule has 5 heteroatoms. The first kappa shape index (κ1) is 16.1. The van der Waals surface area contributed by atoms with Gasteiger partial charge in [0.2, 0.25) is 5.91 Å². The molecule has 4 rings (SSSR count). The smallest absolute Gasteiger partial charge is 0.225 e. The summed E-state index contributed by atoms with van der Waals surface area (Å²) in [5.74, 6) is 2.43. The van der Waals surface area contributed by atoms with E-state index in [1.807, 2.05) is 6.20 Å². The van der Waals surface area contributed by atoms with E-state index < -0.39 is 0 Å². The number of imidazole rings is 1. The fraction of sp³-hybridized carbons (Fsp3) is 0.789. The zero-order valence-corrected chi connectivity index (χ0v) is 14.7. The Balaban J connectivity index is 1.48. The summed E-state index contributed by atoms with van der Waals surface area (Å²) in [4.78, 5) is 19.7. The standard InChI is InChI=1S/C19H29N3O2/c1-14-12-20-18(15-4-2-5-15)22(14)17-6-3-9-21(13-17)19(23)16-7-10-24-11-8-16/h12,15-17H,2-11,13H2,1H3. The fourth-order valence-corrected chi connectivity index (χ4v) is 4.48. The lowest BCUT2D eigenvalue weighted by atomic mass is 9.84. The largest absolute Gasteiger partial charge is 0.381 e. The SMILES string of the molecule is Cc1cnc(C2CCC2)n1C1CCCN(C(=O)C2CCOCC2)C1. The van der Waals surface area contributed by atoms with Crippen LogP contribution in [0.2, 0.25) is 0 Å². The Hall–Kier alpha value is -1.36. The number of aryl methyl sites for hydroxylation is 1. The maximum absolute atomic E-state index is 12.9. The van der Waals surface area contributed by atoms with E-state index in [-0.39, 0.29) is 5.92 Å². The van der Waals surface area contributed by atoms with Crippen molar-refractivity contribution in [3.63, 3.8) is 0 Å². The Morgan fingerprint density at radius 2 is 1.96 bits per heavy atom. The van der Waals surface area contributed by atoms with Gasteiger partial charge in [-0.25, -0.2) is 4.98 Å². The number of aromatic nitrogens is 2. The molecule has 1 amide bonds. The number of nitrogens with zero attached hydrogens (tertiary/aromatic N) is 3. The number of hydrogen-bond donors (Lipinski definition) is 0. The van der Waals surface area contributed by atoms with Crippen LogP contribution in [0.25, 0.3) is 0 Å². The molecule has 2 saturated heterocycles. The van der Waals surface area contributed by atoms with E-state index in [1.54, 1.807) is 0 Å². The van der Waals surface area contributed by atoms with Gasteiger partial charge in [-0.1, -0.05) is 6.42 Å². The maximum Gasteiger partial charge on any atom is 0.225 e. The van der Waals surface area contributed by atoms with Gasteiger partial charge in [0, 0.05) is 50.0 Å². The highest BCUT2D eigenvalue weighted by Crippen LogP contribution is 2.38. The second kappa shape index (κ2) is 6.87. The van der Waals surface area contributed by atoms with Crippen molar-refractivity contribution in [2.45, 2.75) is 63.8 Å². The molecule has 0 radical (unpaired) electrons. The van der Waals surface area contributed by atoms with E-state index >= 15 is 0 Å². The van der Waals surface area contributed by atoms with Gasteiger partial charge < -0.3 is 14.2 Å². The van der Waals surface area contributed by atoms with Gasteiger partial charge >= 0.3 is 0 Å². The summed E-state index contributed by atoms with van der Waals surface area (Å²) in [5, 5.41) is 0. The first-order valence-electron chi connectivity index (χ1n) is 9.64. The van der Waals surface area contributed by atoms with Gasteiger partial charge in [0.05, 0.1) is 6.04 Å². The average molecular weight is 331 g/mol. The predicted molar refractivity (Wildman–Crippen MR) is 92.0 cm³/mol. The van der Waals surface area contributed by atoms with Crippen molar-refractivity contribution in [1.29, 1.82) is 0 Å². The van der Waals surface area contributed by atoms with Crippen LogP contribution >= 0.6 is 0 Å². The molecule has 0 aromatic carbocycles. The number of amides is 1. The molecule has 0 N–H and O–H groups in total. The number of rotatable bonds is 3. The second-order valence-electron chi connectivity index (χ2n) is 7.72. The molecule has 3 aliphatic rings. The minimum atomic E-state index is 0.174. The molecule has 1 unspecified atom stereocenters. The lowest BCUT2D eigenvalue weighted by Gasteiger charge is -2.38. The van der Waals surface area contributed by atoms with Crippen LogP contribution in [0, 0.1) is 12.8 Å². The van der Waals surface area contributed by atoms with Crippen molar-refractivity contribution in [3.8, 4) is 0 Å². The van der Waals surface area contributed by atoms with Crippen LogP contribution in [-0.4, -0.2) is 46.7 Å². The summed E-state index contributed by atoms with van der Waals surface area (Å²) in [6.45, 7) is 5.40. The number of carbonyl (C=O) groups excluding carboxylic acids is 1. The summed E-state index contributed by atoms with van der Waals surface area (Å²) < 4.78 is 7.86. The molecule has 0 spiro atoms. The number of hydrogen-bond acceptors (Lipinski definition) is 3. The Kier molecular flexibility index (Phi) is 4.61. The molecule has 2 aliphatic heterocycles. The molecular weight excluding hydrogens is 302 g/mol. The Morgan fingerprint density at radius 1 is 1.17 bits per heavy atom. The minimum absolute atomic E-state index is 0.174. The van der Waals surface area contributed by atoms with Crippen LogP contribution < -0.4 is 0 Å². The third-order valence-electron chi connectivity index (χ3n) is 6.12. The van der Waals surface area contributed by atoms with Crippen LogP contribution in [0.15, 0.2) is 6.20 Å². The zero-order valence-electron chi connectivity index (χ0n) is 14.7. The topological polar surface area (TPSA) is 47.4 Å². The second-order valence-corrected chi connectivity index (χ2v) is 7.72. The third kappa shape index (κ3) is 2.99. The number of likely N-dealkylation sites (tertiary alicyclic amines) is 1. The van der Waals surface area contributed by atoms with Crippen molar-refractivity contribution in [2.75, 3.05) is 26.3 Å². The Morgan fingerprint density at radius 3 is 2.67 bits per heavy atom. The predicted octanol–water partition coefficient (Wildman–Crippen LogP) is 3.05. The highest BCUT2D eigenvalue weighted by atomic mass is 16.5. The molecule has 3 heterocycles. The fourth-order valence-electron chi connectivity index (χ4n) is 4.48.